The molecule has 1 unspecified atom stereocenters. The van der Waals surface area contributed by atoms with Gasteiger partial charge in [-0.05, 0) is 11.7 Å². The molecule has 0 amide bonds. The smallest absolute Gasteiger partial charge is 0.327 e. The van der Waals surface area contributed by atoms with E-state index in [9.17, 15) is 4.79 Å². The molecule has 17 heavy (non-hydrogen) atoms. The molecule has 0 aliphatic rings. The predicted octanol–water partition coefficient (Wildman–Crippen LogP) is 2.37. The summed E-state index contributed by atoms with van der Waals surface area (Å²) in [4.78, 5) is 11.8. The quantitative estimate of drug-likeness (QED) is 0.645. The minimum absolute atomic E-state index is 0.227. The summed E-state index contributed by atoms with van der Waals surface area (Å²) in [6.45, 7) is 6.79. The Hall–Kier alpha value is -1.13. The lowest BCUT2D eigenvalue weighted by molar-refractivity contribution is -0.143. The molecule has 0 spiro atoms. The van der Waals surface area contributed by atoms with E-state index in [-0.39, 0.29) is 12.0 Å². The number of carbonyl (C=O) groups excluding carboxylic acids is 1. The molecular weight excluding hydrogens is 230 g/mol. The van der Waals surface area contributed by atoms with Crippen molar-refractivity contribution in [2.24, 2.45) is 0 Å². The van der Waals surface area contributed by atoms with E-state index in [0.717, 1.165) is 11.7 Å². The second kappa shape index (κ2) is 5.98. The van der Waals surface area contributed by atoms with Gasteiger partial charge < -0.3 is 10.1 Å². The fourth-order valence-corrected chi connectivity index (χ4v) is 2.33. The fourth-order valence-electron chi connectivity index (χ4n) is 1.51. The number of esters is 1. The van der Waals surface area contributed by atoms with Gasteiger partial charge in [-0.2, -0.15) is 0 Å². The van der Waals surface area contributed by atoms with Crippen LogP contribution in [0.25, 0.3) is 0 Å². The molecule has 1 aromatic rings. The SMILES string of the molecule is COC(=O)C(NC[Si](C)(C)C)c1ccccc1. The van der Waals surface area contributed by atoms with E-state index >= 15 is 0 Å². The fraction of sp³-hybridized carbons (Fsp3) is 0.462. The van der Waals surface area contributed by atoms with Crippen molar-refractivity contribution >= 4 is 14.0 Å². The first-order chi connectivity index (χ1) is 7.94. The Labute approximate surface area is 104 Å². The molecule has 0 aliphatic heterocycles. The van der Waals surface area contributed by atoms with E-state index in [0.29, 0.717) is 0 Å². The van der Waals surface area contributed by atoms with Crippen LogP contribution in [0.5, 0.6) is 0 Å². The molecule has 1 atom stereocenters. The van der Waals surface area contributed by atoms with Crippen LogP contribution < -0.4 is 5.32 Å². The molecule has 0 fully saturated rings. The van der Waals surface area contributed by atoms with Crippen molar-refractivity contribution in [2.75, 3.05) is 13.3 Å². The van der Waals surface area contributed by atoms with Crippen LogP contribution in [0.3, 0.4) is 0 Å². The highest BCUT2D eigenvalue weighted by molar-refractivity contribution is 6.76. The van der Waals surface area contributed by atoms with Crippen LogP contribution in [-0.2, 0) is 9.53 Å². The zero-order valence-electron chi connectivity index (χ0n) is 11.0. The van der Waals surface area contributed by atoms with Crippen molar-refractivity contribution in [3.8, 4) is 0 Å². The van der Waals surface area contributed by atoms with Gasteiger partial charge in [0.05, 0.1) is 15.2 Å². The minimum Gasteiger partial charge on any atom is -0.468 e. The highest BCUT2D eigenvalue weighted by Gasteiger charge is 2.23. The van der Waals surface area contributed by atoms with Crippen LogP contribution in [0, 0.1) is 0 Å². The Morgan fingerprint density at radius 3 is 2.35 bits per heavy atom. The molecule has 1 aromatic carbocycles. The van der Waals surface area contributed by atoms with Crippen LogP contribution in [0.2, 0.25) is 19.6 Å². The molecule has 1 N–H and O–H groups in total. The van der Waals surface area contributed by atoms with Gasteiger partial charge in [-0.3, -0.25) is 0 Å². The molecule has 4 heteroatoms. The summed E-state index contributed by atoms with van der Waals surface area (Å²) in [5.41, 5.74) is 0.956. The Balaban J connectivity index is 2.79. The number of methoxy groups -OCH3 is 1. The van der Waals surface area contributed by atoms with E-state index in [1.54, 1.807) is 0 Å². The second-order valence-electron chi connectivity index (χ2n) is 5.31. The summed E-state index contributed by atoms with van der Waals surface area (Å²) in [5.74, 6) is -0.227. The van der Waals surface area contributed by atoms with E-state index in [1.165, 1.54) is 7.11 Å². The molecule has 0 heterocycles. The van der Waals surface area contributed by atoms with Crippen molar-refractivity contribution < 1.29 is 9.53 Å². The third kappa shape index (κ3) is 4.71. The van der Waals surface area contributed by atoms with Crippen molar-refractivity contribution in [1.29, 1.82) is 0 Å². The Bertz CT molecular complexity index is 359. The maximum absolute atomic E-state index is 11.8. The van der Waals surface area contributed by atoms with E-state index < -0.39 is 8.07 Å². The monoisotopic (exact) mass is 251 g/mol. The normalized spacial score (nSPS) is 13.2. The van der Waals surface area contributed by atoms with Gasteiger partial charge in [0.2, 0.25) is 0 Å². The molecule has 3 nitrogen and oxygen atoms in total. The first-order valence-corrected chi connectivity index (χ1v) is 9.51. The number of carbonyl (C=O) groups is 1. The van der Waals surface area contributed by atoms with Gasteiger partial charge in [0.15, 0.2) is 0 Å². The number of hydrogen-bond acceptors (Lipinski definition) is 3. The number of ether oxygens (including phenoxy) is 1. The summed E-state index contributed by atoms with van der Waals surface area (Å²) in [6.07, 6.45) is 0.891. The summed E-state index contributed by atoms with van der Waals surface area (Å²) in [5, 5.41) is 3.31. The maximum Gasteiger partial charge on any atom is 0.327 e. The molecule has 0 bridgehead atoms. The predicted molar refractivity (Wildman–Crippen MR) is 72.5 cm³/mol. The molecular formula is C13H21NO2Si. The van der Waals surface area contributed by atoms with E-state index in [2.05, 4.69) is 25.0 Å². The third-order valence-corrected chi connectivity index (χ3v) is 3.67. The highest BCUT2D eigenvalue weighted by Crippen LogP contribution is 2.14. The summed E-state index contributed by atoms with van der Waals surface area (Å²) in [6, 6.07) is 9.34. The number of benzene rings is 1. The lowest BCUT2D eigenvalue weighted by atomic mass is 10.1. The van der Waals surface area contributed by atoms with Crippen molar-refractivity contribution in [3.05, 3.63) is 35.9 Å². The molecule has 1 rings (SSSR count). The van der Waals surface area contributed by atoms with Crippen molar-refractivity contribution in [2.45, 2.75) is 25.7 Å². The lowest BCUT2D eigenvalue weighted by Crippen LogP contribution is -2.41. The van der Waals surface area contributed by atoms with Crippen LogP contribution >= 0.6 is 0 Å². The minimum atomic E-state index is -1.23. The van der Waals surface area contributed by atoms with Gasteiger partial charge in [0, 0.05) is 0 Å². The highest BCUT2D eigenvalue weighted by atomic mass is 28.3. The first-order valence-electron chi connectivity index (χ1n) is 5.80. The van der Waals surface area contributed by atoms with Gasteiger partial charge in [-0.25, -0.2) is 4.79 Å². The van der Waals surface area contributed by atoms with E-state index in [1.807, 2.05) is 30.3 Å². The second-order valence-corrected chi connectivity index (χ2v) is 10.8. The molecule has 0 saturated heterocycles. The van der Waals surface area contributed by atoms with Crippen molar-refractivity contribution in [3.63, 3.8) is 0 Å². The number of rotatable bonds is 5. The Morgan fingerprint density at radius 1 is 1.29 bits per heavy atom. The van der Waals surface area contributed by atoms with Gasteiger partial charge in [-0.15, -0.1) is 0 Å². The lowest BCUT2D eigenvalue weighted by Gasteiger charge is -2.22. The van der Waals surface area contributed by atoms with E-state index in [4.69, 9.17) is 4.74 Å². The largest absolute Gasteiger partial charge is 0.468 e. The Kier molecular flexibility index (Phi) is 4.90. The zero-order chi connectivity index (χ0) is 12.9. The van der Waals surface area contributed by atoms with Crippen LogP contribution in [0.4, 0.5) is 0 Å². The average Bonchev–Trinajstić information content (AvgIpc) is 2.29. The Morgan fingerprint density at radius 2 is 1.88 bits per heavy atom. The van der Waals surface area contributed by atoms with Crippen molar-refractivity contribution in [1.82, 2.24) is 5.32 Å². The third-order valence-electron chi connectivity index (χ3n) is 2.41. The summed E-state index contributed by atoms with van der Waals surface area (Å²) >= 11 is 0. The standard InChI is InChI=1S/C13H21NO2Si/c1-16-13(15)12(14-10-17(2,3)4)11-8-6-5-7-9-11/h5-9,12,14H,10H2,1-4H3. The topological polar surface area (TPSA) is 38.3 Å². The summed E-state index contributed by atoms with van der Waals surface area (Å²) < 4.78 is 4.85. The summed E-state index contributed by atoms with van der Waals surface area (Å²) in [7, 11) is 0.195. The van der Waals surface area contributed by atoms with Gasteiger partial charge in [0.1, 0.15) is 6.04 Å². The molecule has 94 valence electrons. The molecule has 0 aliphatic carbocycles. The first kappa shape index (κ1) is 13.9. The van der Waals surface area contributed by atoms with Gasteiger partial charge in [-0.1, -0.05) is 50.0 Å². The van der Waals surface area contributed by atoms with Gasteiger partial charge in [0.25, 0.3) is 0 Å². The average molecular weight is 251 g/mol. The van der Waals surface area contributed by atoms with Crippen LogP contribution in [0.1, 0.15) is 11.6 Å². The maximum atomic E-state index is 11.8. The number of nitrogens with one attached hydrogen (secondary N) is 1. The molecule has 0 radical (unpaired) electrons. The van der Waals surface area contributed by atoms with Gasteiger partial charge >= 0.3 is 5.97 Å². The molecule has 0 aromatic heterocycles. The number of hydrogen-bond donors (Lipinski definition) is 1. The molecule has 0 saturated carbocycles. The van der Waals surface area contributed by atoms with Crippen LogP contribution in [-0.4, -0.2) is 27.3 Å². The van der Waals surface area contributed by atoms with Crippen LogP contribution in [0.15, 0.2) is 30.3 Å². The zero-order valence-corrected chi connectivity index (χ0v) is 12.0.